The molecule has 21 heavy (non-hydrogen) atoms. The van der Waals surface area contributed by atoms with Crippen molar-refractivity contribution in [2.75, 3.05) is 20.3 Å². The number of aromatic nitrogens is 2. The number of hydrogen-bond donors (Lipinski definition) is 1. The summed E-state index contributed by atoms with van der Waals surface area (Å²) in [6.45, 7) is 0.786. The quantitative estimate of drug-likeness (QED) is 0.881. The number of ether oxygens (including phenoxy) is 3. The molecule has 2 heterocycles. The largest absolute Gasteiger partial charge is 0.485 e. The van der Waals surface area contributed by atoms with Gasteiger partial charge >= 0.3 is 0 Å². The Kier molecular flexibility index (Phi) is 4.03. The van der Waals surface area contributed by atoms with Gasteiger partial charge in [-0.1, -0.05) is 17.3 Å². The first-order valence-electron chi connectivity index (χ1n) is 6.71. The Balaban J connectivity index is 1.67. The third-order valence-corrected chi connectivity index (χ3v) is 3.10. The van der Waals surface area contributed by atoms with Crippen LogP contribution >= 0.6 is 0 Å². The number of rotatable bonds is 5. The molecule has 0 spiro atoms. The van der Waals surface area contributed by atoms with Gasteiger partial charge in [0.15, 0.2) is 17.6 Å². The van der Waals surface area contributed by atoms with E-state index in [9.17, 15) is 0 Å². The molecule has 7 heteroatoms. The molecule has 112 valence electrons. The van der Waals surface area contributed by atoms with Crippen LogP contribution in [0.2, 0.25) is 0 Å². The van der Waals surface area contributed by atoms with E-state index in [0.29, 0.717) is 37.1 Å². The number of nitrogens with two attached hydrogens (primary N) is 1. The second-order valence-corrected chi connectivity index (χ2v) is 4.83. The van der Waals surface area contributed by atoms with Gasteiger partial charge in [0.25, 0.3) is 0 Å². The van der Waals surface area contributed by atoms with Crippen molar-refractivity contribution in [1.29, 1.82) is 0 Å². The van der Waals surface area contributed by atoms with Crippen molar-refractivity contribution in [2.45, 2.75) is 18.6 Å². The van der Waals surface area contributed by atoms with E-state index in [4.69, 9.17) is 24.5 Å². The summed E-state index contributed by atoms with van der Waals surface area (Å²) >= 11 is 0. The Bertz CT molecular complexity index is 601. The lowest BCUT2D eigenvalue weighted by Crippen LogP contribution is -2.28. The maximum atomic E-state index is 5.86. The zero-order chi connectivity index (χ0) is 14.7. The highest BCUT2D eigenvalue weighted by Crippen LogP contribution is 2.35. The zero-order valence-electron chi connectivity index (χ0n) is 11.7. The molecule has 0 saturated carbocycles. The normalized spacial score (nSPS) is 18.5. The molecule has 2 unspecified atom stereocenters. The van der Waals surface area contributed by atoms with Crippen LogP contribution in [0.1, 0.15) is 17.8 Å². The minimum Gasteiger partial charge on any atom is -0.485 e. The summed E-state index contributed by atoms with van der Waals surface area (Å²) in [4.78, 5) is 4.31. The second kappa shape index (κ2) is 6.11. The fraction of sp³-hybridized carbons (Fsp3) is 0.429. The monoisotopic (exact) mass is 291 g/mol. The topological polar surface area (TPSA) is 92.6 Å². The van der Waals surface area contributed by atoms with Crippen LogP contribution in [0.15, 0.2) is 28.8 Å². The van der Waals surface area contributed by atoms with Crippen molar-refractivity contribution >= 4 is 0 Å². The van der Waals surface area contributed by atoms with Gasteiger partial charge in [0, 0.05) is 19.6 Å². The Labute approximate surface area is 122 Å². The lowest BCUT2D eigenvalue weighted by Gasteiger charge is -2.24. The van der Waals surface area contributed by atoms with Crippen molar-refractivity contribution in [2.24, 2.45) is 5.73 Å². The van der Waals surface area contributed by atoms with Crippen LogP contribution in [0.5, 0.6) is 11.5 Å². The highest BCUT2D eigenvalue weighted by Gasteiger charge is 2.27. The molecule has 0 bridgehead atoms. The molecular weight excluding hydrogens is 274 g/mol. The lowest BCUT2D eigenvalue weighted by molar-refractivity contribution is 0.0832. The first kappa shape index (κ1) is 13.8. The van der Waals surface area contributed by atoms with E-state index in [-0.39, 0.29) is 12.1 Å². The first-order chi connectivity index (χ1) is 10.3. The summed E-state index contributed by atoms with van der Waals surface area (Å²) in [7, 11) is 1.60. The number of fused-ring (bicyclic) bond motifs is 1. The van der Waals surface area contributed by atoms with Gasteiger partial charge in [-0.15, -0.1) is 0 Å². The minimum absolute atomic E-state index is 0.174. The molecule has 0 aliphatic carbocycles. The summed E-state index contributed by atoms with van der Waals surface area (Å²) in [5.74, 6) is 2.33. The number of nitrogens with zero attached hydrogens (tertiary/aromatic N) is 2. The maximum Gasteiger partial charge on any atom is 0.228 e. The van der Waals surface area contributed by atoms with Crippen LogP contribution in [0.25, 0.3) is 0 Å². The van der Waals surface area contributed by atoms with Gasteiger partial charge in [0.05, 0.1) is 6.61 Å². The number of hydrogen-bond acceptors (Lipinski definition) is 7. The molecule has 1 aromatic heterocycles. The lowest BCUT2D eigenvalue weighted by atomic mass is 10.2. The molecular formula is C14H17N3O4. The molecule has 1 aliphatic rings. The van der Waals surface area contributed by atoms with E-state index in [0.717, 1.165) is 5.75 Å². The van der Waals surface area contributed by atoms with Gasteiger partial charge in [0.1, 0.15) is 6.61 Å². The molecule has 2 N–H and O–H groups in total. The number of para-hydroxylation sites is 2. The Morgan fingerprint density at radius 1 is 1.38 bits per heavy atom. The summed E-state index contributed by atoms with van der Waals surface area (Å²) in [6, 6.07) is 7.31. The molecule has 7 nitrogen and oxygen atoms in total. The SMILES string of the molecule is COCC(N)Cc1nc(C2COc3ccccc3O2)no1. The second-order valence-electron chi connectivity index (χ2n) is 4.83. The number of methoxy groups -OCH3 is 1. The van der Waals surface area contributed by atoms with Crippen LogP contribution in [0.3, 0.4) is 0 Å². The van der Waals surface area contributed by atoms with Crippen LogP contribution in [0, 0.1) is 0 Å². The molecule has 0 radical (unpaired) electrons. The molecule has 3 rings (SSSR count). The van der Waals surface area contributed by atoms with Crippen LogP contribution in [0.4, 0.5) is 0 Å². The Morgan fingerprint density at radius 3 is 3.00 bits per heavy atom. The minimum atomic E-state index is -0.379. The van der Waals surface area contributed by atoms with Gasteiger partial charge in [-0.2, -0.15) is 4.98 Å². The van der Waals surface area contributed by atoms with Gasteiger partial charge in [-0.05, 0) is 12.1 Å². The van der Waals surface area contributed by atoms with E-state index in [1.807, 2.05) is 24.3 Å². The molecule has 2 atom stereocenters. The molecule has 0 fully saturated rings. The van der Waals surface area contributed by atoms with E-state index < -0.39 is 0 Å². The molecule has 0 saturated heterocycles. The fourth-order valence-corrected chi connectivity index (χ4v) is 2.13. The fourth-order valence-electron chi connectivity index (χ4n) is 2.13. The average Bonchev–Trinajstić information content (AvgIpc) is 2.95. The van der Waals surface area contributed by atoms with Crippen LogP contribution < -0.4 is 15.2 Å². The molecule has 2 aromatic rings. The highest BCUT2D eigenvalue weighted by molar-refractivity contribution is 5.40. The van der Waals surface area contributed by atoms with Gasteiger partial charge in [-0.3, -0.25) is 0 Å². The average molecular weight is 291 g/mol. The smallest absolute Gasteiger partial charge is 0.228 e. The van der Waals surface area contributed by atoms with Gasteiger partial charge < -0.3 is 24.5 Å². The van der Waals surface area contributed by atoms with E-state index in [2.05, 4.69) is 10.1 Å². The van der Waals surface area contributed by atoms with Crippen LogP contribution in [-0.4, -0.2) is 36.5 Å². The maximum absolute atomic E-state index is 5.86. The third kappa shape index (κ3) is 3.14. The Morgan fingerprint density at radius 2 is 2.19 bits per heavy atom. The predicted molar refractivity (Wildman–Crippen MR) is 73.2 cm³/mol. The number of benzene rings is 1. The van der Waals surface area contributed by atoms with E-state index in [1.54, 1.807) is 7.11 Å². The van der Waals surface area contributed by atoms with Crippen LogP contribution in [-0.2, 0) is 11.2 Å². The van der Waals surface area contributed by atoms with Crippen molar-refractivity contribution in [1.82, 2.24) is 10.1 Å². The highest BCUT2D eigenvalue weighted by atomic mass is 16.6. The first-order valence-corrected chi connectivity index (χ1v) is 6.71. The van der Waals surface area contributed by atoms with Crippen molar-refractivity contribution < 1.29 is 18.7 Å². The molecule has 1 aliphatic heterocycles. The summed E-state index contributed by atoms with van der Waals surface area (Å²) in [6.07, 6.45) is 0.0846. The van der Waals surface area contributed by atoms with Crippen molar-refractivity contribution in [3.8, 4) is 11.5 Å². The summed E-state index contributed by atoms with van der Waals surface area (Å²) < 4.78 is 21.6. The standard InChI is InChI=1S/C14H17N3O4/c1-18-7-9(15)6-13-16-14(17-21-13)12-8-19-10-4-2-3-5-11(10)20-12/h2-5,9,12H,6-8,15H2,1H3. The van der Waals surface area contributed by atoms with Gasteiger partial charge in [0.2, 0.25) is 11.7 Å². The van der Waals surface area contributed by atoms with Crippen molar-refractivity contribution in [3.63, 3.8) is 0 Å². The predicted octanol–water partition coefficient (Wildman–Crippen LogP) is 1.10. The molecule has 1 aromatic carbocycles. The summed E-state index contributed by atoms with van der Waals surface area (Å²) in [5, 5.41) is 3.94. The third-order valence-electron chi connectivity index (χ3n) is 3.10. The van der Waals surface area contributed by atoms with E-state index >= 15 is 0 Å². The zero-order valence-corrected chi connectivity index (χ0v) is 11.7. The Hall–Kier alpha value is -2.12. The van der Waals surface area contributed by atoms with Crippen molar-refractivity contribution in [3.05, 3.63) is 36.0 Å². The summed E-state index contributed by atoms with van der Waals surface area (Å²) in [5.41, 5.74) is 5.86. The molecule has 0 amide bonds. The van der Waals surface area contributed by atoms with Gasteiger partial charge in [-0.25, -0.2) is 0 Å². The van der Waals surface area contributed by atoms with E-state index in [1.165, 1.54) is 0 Å².